The van der Waals surface area contributed by atoms with Crippen molar-refractivity contribution in [3.05, 3.63) is 41.5 Å². The number of hydrogen-bond acceptors (Lipinski definition) is 2. The van der Waals surface area contributed by atoms with E-state index in [1.54, 1.807) is 6.07 Å². The highest BCUT2D eigenvalue weighted by Gasteiger charge is 2.08. The molecule has 3 N–H and O–H groups in total. The first kappa shape index (κ1) is 9.51. The smallest absolute Gasteiger partial charge is 0.272 e. The molecule has 0 unspecified atom stereocenters. The van der Waals surface area contributed by atoms with Crippen molar-refractivity contribution in [1.29, 1.82) is 0 Å². The summed E-state index contributed by atoms with van der Waals surface area (Å²) >= 11 is 0. The number of aromatic amines is 2. The van der Waals surface area contributed by atoms with Gasteiger partial charge in [0.15, 0.2) is 0 Å². The number of amides is 1. The minimum atomic E-state index is -0.172. The molecule has 0 bridgehead atoms. The number of nitrogens with zero attached hydrogens (tertiary/aromatic N) is 1. The fraction of sp³-hybridized carbons (Fsp3) is 0.200. The molecule has 2 aromatic rings. The van der Waals surface area contributed by atoms with Crippen molar-refractivity contribution in [1.82, 2.24) is 20.5 Å². The van der Waals surface area contributed by atoms with Crippen LogP contribution in [0.15, 0.2) is 24.4 Å². The van der Waals surface area contributed by atoms with Crippen molar-refractivity contribution in [2.45, 2.75) is 13.5 Å². The first-order valence-corrected chi connectivity index (χ1v) is 4.68. The van der Waals surface area contributed by atoms with Gasteiger partial charge in [-0.05, 0) is 25.1 Å². The topological polar surface area (TPSA) is 73.6 Å². The second kappa shape index (κ2) is 4.00. The molecule has 0 aliphatic heterocycles. The van der Waals surface area contributed by atoms with Gasteiger partial charge in [-0.3, -0.25) is 9.89 Å². The van der Waals surface area contributed by atoms with Crippen LogP contribution in [0, 0.1) is 6.92 Å². The number of aryl methyl sites for hydroxylation is 1. The first-order chi connectivity index (χ1) is 7.25. The van der Waals surface area contributed by atoms with E-state index in [1.165, 1.54) is 0 Å². The number of hydrogen-bond donors (Lipinski definition) is 3. The summed E-state index contributed by atoms with van der Waals surface area (Å²) in [6.07, 6.45) is 1.82. The molecular weight excluding hydrogens is 192 g/mol. The third-order valence-electron chi connectivity index (χ3n) is 2.04. The molecule has 0 radical (unpaired) electrons. The Hall–Kier alpha value is -2.04. The van der Waals surface area contributed by atoms with E-state index in [0.717, 1.165) is 11.4 Å². The van der Waals surface area contributed by atoms with E-state index in [9.17, 15) is 4.79 Å². The van der Waals surface area contributed by atoms with Crippen molar-refractivity contribution < 1.29 is 4.79 Å². The van der Waals surface area contributed by atoms with Crippen LogP contribution in [0.5, 0.6) is 0 Å². The Balaban J connectivity index is 1.93. The molecule has 0 fully saturated rings. The van der Waals surface area contributed by atoms with Gasteiger partial charge in [0.25, 0.3) is 5.91 Å². The lowest BCUT2D eigenvalue weighted by Gasteiger charge is -2.00. The Labute approximate surface area is 86.9 Å². The molecule has 0 saturated heterocycles. The lowest BCUT2D eigenvalue weighted by Crippen LogP contribution is -2.23. The third-order valence-corrected chi connectivity index (χ3v) is 2.04. The van der Waals surface area contributed by atoms with Gasteiger partial charge in [-0.2, -0.15) is 5.10 Å². The van der Waals surface area contributed by atoms with Crippen LogP contribution in [-0.4, -0.2) is 21.1 Å². The quantitative estimate of drug-likeness (QED) is 0.697. The monoisotopic (exact) mass is 204 g/mol. The summed E-state index contributed by atoms with van der Waals surface area (Å²) in [5.74, 6) is -0.172. The molecule has 2 rings (SSSR count). The number of rotatable bonds is 3. The highest BCUT2D eigenvalue weighted by atomic mass is 16.1. The molecule has 0 saturated carbocycles. The standard InChI is InChI=1S/C10H12N4O/c1-7-5-9(14-13-7)10(15)12-6-8-3-2-4-11-8/h2-5,11H,6H2,1H3,(H,12,15)(H,13,14). The SMILES string of the molecule is Cc1cc(C(=O)NCc2ccc[nH]2)n[nH]1. The van der Waals surface area contributed by atoms with Gasteiger partial charge in [-0.15, -0.1) is 0 Å². The van der Waals surface area contributed by atoms with E-state index in [4.69, 9.17) is 0 Å². The van der Waals surface area contributed by atoms with Gasteiger partial charge in [0.2, 0.25) is 0 Å². The Morgan fingerprint density at radius 2 is 2.47 bits per heavy atom. The van der Waals surface area contributed by atoms with Crippen molar-refractivity contribution >= 4 is 5.91 Å². The fourth-order valence-corrected chi connectivity index (χ4v) is 1.28. The van der Waals surface area contributed by atoms with Crippen LogP contribution in [0.4, 0.5) is 0 Å². The van der Waals surface area contributed by atoms with Gasteiger partial charge in [0, 0.05) is 17.6 Å². The van der Waals surface area contributed by atoms with Crippen LogP contribution >= 0.6 is 0 Å². The van der Waals surface area contributed by atoms with E-state index in [-0.39, 0.29) is 5.91 Å². The molecule has 1 amide bonds. The van der Waals surface area contributed by atoms with Crippen LogP contribution in [0.25, 0.3) is 0 Å². The van der Waals surface area contributed by atoms with E-state index in [2.05, 4.69) is 20.5 Å². The van der Waals surface area contributed by atoms with Crippen LogP contribution in [0.3, 0.4) is 0 Å². The van der Waals surface area contributed by atoms with Crippen LogP contribution < -0.4 is 5.32 Å². The fourth-order valence-electron chi connectivity index (χ4n) is 1.28. The Morgan fingerprint density at radius 3 is 3.07 bits per heavy atom. The first-order valence-electron chi connectivity index (χ1n) is 4.68. The molecule has 15 heavy (non-hydrogen) atoms. The lowest BCUT2D eigenvalue weighted by atomic mass is 10.3. The van der Waals surface area contributed by atoms with Gasteiger partial charge < -0.3 is 10.3 Å². The van der Waals surface area contributed by atoms with Crippen LogP contribution in [-0.2, 0) is 6.54 Å². The van der Waals surface area contributed by atoms with Crippen molar-refractivity contribution in [3.63, 3.8) is 0 Å². The van der Waals surface area contributed by atoms with Crippen LogP contribution in [0.1, 0.15) is 21.9 Å². The Morgan fingerprint density at radius 1 is 1.60 bits per heavy atom. The van der Waals surface area contributed by atoms with Crippen molar-refractivity contribution in [2.24, 2.45) is 0 Å². The molecule has 0 atom stereocenters. The summed E-state index contributed by atoms with van der Waals surface area (Å²) in [7, 11) is 0. The molecule has 78 valence electrons. The molecule has 5 nitrogen and oxygen atoms in total. The molecule has 0 aliphatic rings. The third kappa shape index (κ3) is 2.25. The van der Waals surface area contributed by atoms with Gasteiger partial charge in [-0.1, -0.05) is 0 Å². The molecule has 2 aromatic heterocycles. The summed E-state index contributed by atoms with van der Waals surface area (Å²) in [4.78, 5) is 14.6. The number of carbonyl (C=O) groups excluding carboxylic acids is 1. The van der Waals surface area contributed by atoms with Gasteiger partial charge >= 0.3 is 0 Å². The van der Waals surface area contributed by atoms with Crippen LogP contribution in [0.2, 0.25) is 0 Å². The highest BCUT2D eigenvalue weighted by molar-refractivity contribution is 5.92. The second-order valence-corrected chi connectivity index (χ2v) is 3.31. The molecule has 0 aliphatic carbocycles. The maximum Gasteiger partial charge on any atom is 0.272 e. The predicted octanol–water partition coefficient (Wildman–Crippen LogP) is 0.976. The van der Waals surface area contributed by atoms with E-state index >= 15 is 0 Å². The zero-order valence-corrected chi connectivity index (χ0v) is 8.37. The summed E-state index contributed by atoms with van der Waals surface area (Å²) in [6.45, 7) is 2.34. The summed E-state index contributed by atoms with van der Waals surface area (Å²) < 4.78 is 0. The minimum absolute atomic E-state index is 0.172. The van der Waals surface area contributed by atoms with E-state index in [0.29, 0.717) is 12.2 Å². The number of nitrogens with one attached hydrogen (secondary N) is 3. The molecule has 0 spiro atoms. The molecule has 2 heterocycles. The second-order valence-electron chi connectivity index (χ2n) is 3.31. The van der Waals surface area contributed by atoms with Gasteiger partial charge in [0.1, 0.15) is 5.69 Å². The average molecular weight is 204 g/mol. The molecule has 0 aromatic carbocycles. The van der Waals surface area contributed by atoms with E-state index < -0.39 is 0 Å². The zero-order valence-electron chi connectivity index (χ0n) is 8.37. The summed E-state index contributed by atoms with van der Waals surface area (Å²) in [5, 5.41) is 9.35. The van der Waals surface area contributed by atoms with Crippen molar-refractivity contribution in [2.75, 3.05) is 0 Å². The van der Waals surface area contributed by atoms with Gasteiger partial charge in [0.05, 0.1) is 6.54 Å². The zero-order chi connectivity index (χ0) is 10.7. The Kier molecular flexibility index (Phi) is 2.53. The van der Waals surface area contributed by atoms with E-state index in [1.807, 2.05) is 25.3 Å². The average Bonchev–Trinajstić information content (AvgIpc) is 2.84. The minimum Gasteiger partial charge on any atom is -0.364 e. The molecule has 5 heteroatoms. The van der Waals surface area contributed by atoms with Crippen molar-refractivity contribution in [3.8, 4) is 0 Å². The number of H-pyrrole nitrogens is 2. The normalized spacial score (nSPS) is 10.2. The summed E-state index contributed by atoms with van der Waals surface area (Å²) in [5.41, 5.74) is 2.26. The summed E-state index contributed by atoms with van der Waals surface area (Å²) in [6, 6.07) is 5.51. The Bertz CT molecular complexity index is 444. The number of carbonyl (C=O) groups is 1. The van der Waals surface area contributed by atoms with Gasteiger partial charge in [-0.25, -0.2) is 0 Å². The maximum absolute atomic E-state index is 11.5. The number of aromatic nitrogens is 3. The molecular formula is C10H12N4O. The predicted molar refractivity (Wildman–Crippen MR) is 55.3 cm³/mol. The highest BCUT2D eigenvalue weighted by Crippen LogP contribution is 1.98. The maximum atomic E-state index is 11.5. The largest absolute Gasteiger partial charge is 0.364 e. The lowest BCUT2D eigenvalue weighted by molar-refractivity contribution is 0.0945.